The molecule has 1 aromatic heterocycles. The number of hydrogen-bond donors (Lipinski definition) is 2. The molecule has 1 fully saturated rings. The first-order valence-corrected chi connectivity index (χ1v) is 6.21. The Bertz CT molecular complexity index is 386. The Balaban J connectivity index is 1.88. The van der Waals surface area contributed by atoms with Gasteiger partial charge in [-0.15, -0.1) is 0 Å². The second kappa shape index (κ2) is 5.77. The summed E-state index contributed by atoms with van der Waals surface area (Å²) >= 11 is 0. The van der Waals surface area contributed by atoms with Crippen LogP contribution in [0.15, 0.2) is 18.5 Å². The van der Waals surface area contributed by atoms with Gasteiger partial charge in [0.25, 0.3) is 0 Å². The highest BCUT2D eigenvalue weighted by Gasteiger charge is 2.16. The number of nitrogens with one attached hydrogen (secondary N) is 2. The van der Waals surface area contributed by atoms with E-state index in [4.69, 9.17) is 0 Å². The molecule has 0 aliphatic carbocycles. The van der Waals surface area contributed by atoms with Crippen LogP contribution in [0.5, 0.6) is 0 Å². The zero-order valence-electron chi connectivity index (χ0n) is 10.2. The van der Waals surface area contributed by atoms with Crippen LogP contribution in [0.25, 0.3) is 0 Å². The maximum absolute atomic E-state index is 11.8. The Labute approximate surface area is 102 Å². The van der Waals surface area contributed by atoms with Crippen LogP contribution in [-0.4, -0.2) is 30.0 Å². The first-order chi connectivity index (χ1) is 8.28. The van der Waals surface area contributed by atoms with Crippen molar-refractivity contribution >= 4 is 5.91 Å². The lowest BCUT2D eigenvalue weighted by Gasteiger charge is -2.11. The van der Waals surface area contributed by atoms with E-state index in [2.05, 4.69) is 28.6 Å². The van der Waals surface area contributed by atoms with Crippen molar-refractivity contribution in [3.63, 3.8) is 0 Å². The van der Waals surface area contributed by atoms with Gasteiger partial charge in [-0.2, -0.15) is 0 Å². The van der Waals surface area contributed by atoms with Crippen LogP contribution in [0, 0.1) is 0 Å². The van der Waals surface area contributed by atoms with E-state index in [1.807, 2.05) is 6.20 Å². The number of carbonyl (C=O) groups is 1. The van der Waals surface area contributed by atoms with Crippen molar-refractivity contribution in [2.45, 2.75) is 32.2 Å². The molecular weight excluding hydrogens is 214 g/mol. The Morgan fingerprint density at radius 3 is 3.06 bits per heavy atom. The van der Waals surface area contributed by atoms with Crippen molar-refractivity contribution in [3.05, 3.63) is 29.6 Å². The van der Waals surface area contributed by atoms with Crippen LogP contribution >= 0.6 is 0 Å². The molecule has 1 atom stereocenters. The second-order valence-corrected chi connectivity index (χ2v) is 4.49. The lowest BCUT2D eigenvalue weighted by atomic mass is 10.1. The van der Waals surface area contributed by atoms with Gasteiger partial charge in [0.1, 0.15) is 0 Å². The standard InChI is InChI=1S/C13H19N3O/c1-2-10-5-11(8-15-7-10)6-13(17)16-12-3-4-14-9-12/h5,7-8,12,14H,2-4,6,9H2,1H3,(H,16,17). The number of carbonyl (C=O) groups excluding carboxylic acids is 1. The number of pyridine rings is 1. The van der Waals surface area contributed by atoms with Gasteiger partial charge >= 0.3 is 0 Å². The lowest BCUT2D eigenvalue weighted by molar-refractivity contribution is -0.121. The van der Waals surface area contributed by atoms with Crippen molar-refractivity contribution in [1.29, 1.82) is 0 Å². The summed E-state index contributed by atoms with van der Waals surface area (Å²) in [6.07, 6.45) is 6.03. The van der Waals surface area contributed by atoms with Crippen molar-refractivity contribution in [1.82, 2.24) is 15.6 Å². The maximum atomic E-state index is 11.8. The molecule has 1 saturated heterocycles. The third kappa shape index (κ3) is 3.53. The van der Waals surface area contributed by atoms with Crippen LogP contribution in [0.1, 0.15) is 24.5 Å². The third-order valence-corrected chi connectivity index (χ3v) is 3.05. The first kappa shape index (κ1) is 12.0. The number of aromatic nitrogens is 1. The third-order valence-electron chi connectivity index (χ3n) is 3.05. The highest BCUT2D eigenvalue weighted by atomic mass is 16.1. The Kier molecular flexibility index (Phi) is 4.09. The monoisotopic (exact) mass is 233 g/mol. The van der Waals surface area contributed by atoms with Crippen molar-refractivity contribution in [2.75, 3.05) is 13.1 Å². The van der Waals surface area contributed by atoms with E-state index >= 15 is 0 Å². The van der Waals surface area contributed by atoms with Crippen LogP contribution in [0.3, 0.4) is 0 Å². The zero-order valence-corrected chi connectivity index (χ0v) is 10.2. The molecule has 0 spiro atoms. The molecule has 4 heteroatoms. The van der Waals surface area contributed by atoms with Gasteiger partial charge in [0, 0.05) is 25.0 Å². The van der Waals surface area contributed by atoms with Gasteiger partial charge in [-0.3, -0.25) is 9.78 Å². The average Bonchev–Trinajstić information content (AvgIpc) is 2.82. The second-order valence-electron chi connectivity index (χ2n) is 4.49. The number of hydrogen-bond acceptors (Lipinski definition) is 3. The molecule has 0 aromatic carbocycles. The molecule has 1 aliphatic heterocycles. The molecule has 1 amide bonds. The van der Waals surface area contributed by atoms with E-state index in [1.54, 1.807) is 6.20 Å². The summed E-state index contributed by atoms with van der Waals surface area (Å²) in [6.45, 7) is 3.97. The van der Waals surface area contributed by atoms with Crippen LogP contribution in [0.4, 0.5) is 0 Å². The van der Waals surface area contributed by atoms with Gasteiger partial charge in [0.15, 0.2) is 0 Å². The normalized spacial score (nSPS) is 19.2. The summed E-state index contributed by atoms with van der Waals surface area (Å²) < 4.78 is 0. The smallest absolute Gasteiger partial charge is 0.224 e. The highest BCUT2D eigenvalue weighted by Crippen LogP contribution is 2.05. The Hall–Kier alpha value is -1.42. The summed E-state index contributed by atoms with van der Waals surface area (Å²) in [5.41, 5.74) is 2.17. The fraction of sp³-hybridized carbons (Fsp3) is 0.538. The van der Waals surface area contributed by atoms with E-state index in [0.29, 0.717) is 12.5 Å². The molecule has 1 unspecified atom stereocenters. The quantitative estimate of drug-likeness (QED) is 0.803. The fourth-order valence-electron chi connectivity index (χ4n) is 2.07. The predicted molar refractivity (Wildman–Crippen MR) is 66.7 cm³/mol. The highest BCUT2D eigenvalue weighted by molar-refractivity contribution is 5.78. The van der Waals surface area contributed by atoms with Crippen molar-refractivity contribution in [2.24, 2.45) is 0 Å². The van der Waals surface area contributed by atoms with Gasteiger partial charge in [-0.1, -0.05) is 13.0 Å². The molecule has 4 nitrogen and oxygen atoms in total. The minimum Gasteiger partial charge on any atom is -0.352 e. The molecule has 2 rings (SSSR count). The molecular formula is C13H19N3O. The fourth-order valence-corrected chi connectivity index (χ4v) is 2.07. The van der Waals surface area contributed by atoms with E-state index in [1.165, 1.54) is 5.56 Å². The maximum Gasteiger partial charge on any atom is 0.224 e. The Morgan fingerprint density at radius 1 is 1.53 bits per heavy atom. The SMILES string of the molecule is CCc1cncc(CC(=O)NC2CCNC2)c1. The molecule has 2 heterocycles. The summed E-state index contributed by atoms with van der Waals surface area (Å²) in [5, 5.41) is 6.27. The van der Waals surface area contributed by atoms with E-state index in [0.717, 1.165) is 31.5 Å². The number of rotatable bonds is 4. The summed E-state index contributed by atoms with van der Waals surface area (Å²) in [5.74, 6) is 0.0914. The molecule has 0 radical (unpaired) electrons. The number of aryl methyl sites for hydroxylation is 1. The van der Waals surface area contributed by atoms with Gasteiger partial charge in [-0.05, 0) is 30.5 Å². The number of nitrogens with zero attached hydrogens (tertiary/aromatic N) is 1. The van der Waals surface area contributed by atoms with Gasteiger partial charge < -0.3 is 10.6 Å². The minimum absolute atomic E-state index is 0.0914. The summed E-state index contributed by atoms with van der Waals surface area (Å²) in [7, 11) is 0. The van der Waals surface area contributed by atoms with Crippen LogP contribution < -0.4 is 10.6 Å². The molecule has 1 aromatic rings. The van der Waals surface area contributed by atoms with E-state index < -0.39 is 0 Å². The average molecular weight is 233 g/mol. The van der Waals surface area contributed by atoms with Crippen LogP contribution in [-0.2, 0) is 17.6 Å². The summed E-state index contributed by atoms with van der Waals surface area (Å²) in [4.78, 5) is 15.9. The van der Waals surface area contributed by atoms with Crippen LogP contribution in [0.2, 0.25) is 0 Å². The largest absolute Gasteiger partial charge is 0.352 e. The number of amides is 1. The predicted octanol–water partition coefficient (Wildman–Crippen LogP) is 0.665. The molecule has 2 N–H and O–H groups in total. The molecule has 1 aliphatic rings. The minimum atomic E-state index is 0.0914. The topological polar surface area (TPSA) is 54.0 Å². The van der Waals surface area contributed by atoms with Crippen molar-refractivity contribution < 1.29 is 4.79 Å². The van der Waals surface area contributed by atoms with E-state index in [9.17, 15) is 4.79 Å². The first-order valence-electron chi connectivity index (χ1n) is 6.21. The molecule has 17 heavy (non-hydrogen) atoms. The van der Waals surface area contributed by atoms with Gasteiger partial charge in [0.2, 0.25) is 5.91 Å². The van der Waals surface area contributed by atoms with E-state index in [-0.39, 0.29) is 5.91 Å². The van der Waals surface area contributed by atoms with Gasteiger partial charge in [-0.25, -0.2) is 0 Å². The lowest BCUT2D eigenvalue weighted by Crippen LogP contribution is -2.37. The summed E-state index contributed by atoms with van der Waals surface area (Å²) in [6, 6.07) is 2.35. The van der Waals surface area contributed by atoms with Gasteiger partial charge in [0.05, 0.1) is 6.42 Å². The Morgan fingerprint density at radius 2 is 2.35 bits per heavy atom. The molecule has 0 bridgehead atoms. The molecule has 92 valence electrons. The molecule has 0 saturated carbocycles. The zero-order chi connectivity index (χ0) is 12.1. The van der Waals surface area contributed by atoms with Crippen molar-refractivity contribution in [3.8, 4) is 0 Å².